The number of nitrogens with one attached hydrogen (secondary N) is 1. The smallest absolute Gasteiger partial charge is 0.240 e. The van der Waals surface area contributed by atoms with E-state index < -0.39 is 0 Å². The van der Waals surface area contributed by atoms with E-state index in [1.807, 2.05) is 23.1 Å². The third-order valence-corrected chi connectivity index (χ3v) is 3.09. The van der Waals surface area contributed by atoms with Crippen LogP contribution in [0.2, 0.25) is 0 Å². The highest BCUT2D eigenvalue weighted by atomic mass is 35.5. The van der Waals surface area contributed by atoms with Crippen molar-refractivity contribution in [2.45, 2.75) is 6.42 Å². The molecule has 0 saturated carbocycles. The van der Waals surface area contributed by atoms with Crippen LogP contribution in [0.3, 0.4) is 0 Å². The molecule has 0 atom stereocenters. The lowest BCUT2D eigenvalue weighted by Gasteiger charge is -2.24. The second-order valence-corrected chi connectivity index (χ2v) is 4.34. The van der Waals surface area contributed by atoms with Crippen molar-refractivity contribution >= 4 is 42.1 Å². The Hall–Kier alpha value is -0.970. The molecule has 0 aliphatic carbocycles. The lowest BCUT2D eigenvalue weighted by Crippen LogP contribution is -2.37. The largest absolute Gasteiger partial charge is 0.373 e. The number of halogens is 2. The summed E-state index contributed by atoms with van der Waals surface area (Å²) in [6.45, 7) is 2.17. The number of likely N-dealkylation sites (N-methyl/N-ethyl adjacent to an activating group) is 1. The number of benzene rings is 1. The molecule has 0 radical (unpaired) electrons. The topological polar surface area (TPSA) is 35.6 Å². The first-order chi connectivity index (χ1) is 8.24. The van der Waals surface area contributed by atoms with E-state index >= 15 is 0 Å². The van der Waals surface area contributed by atoms with E-state index in [0.29, 0.717) is 6.54 Å². The van der Waals surface area contributed by atoms with Crippen LogP contribution >= 0.6 is 24.8 Å². The average Bonchev–Trinajstić information content (AvgIpc) is 2.50. The molecule has 1 heterocycles. The molecule has 1 aromatic rings. The van der Waals surface area contributed by atoms with E-state index in [2.05, 4.69) is 23.3 Å². The molecule has 1 amide bonds. The number of amides is 1. The Bertz CT molecular complexity index is 415. The van der Waals surface area contributed by atoms with Gasteiger partial charge in [-0.3, -0.25) is 4.79 Å². The zero-order valence-electron chi connectivity index (χ0n) is 11.3. The van der Waals surface area contributed by atoms with Gasteiger partial charge in [-0.25, -0.2) is 0 Å². The number of hydrogen-bond acceptors (Lipinski definition) is 3. The summed E-state index contributed by atoms with van der Waals surface area (Å²) in [5, 5.41) is 2.92. The Balaban J connectivity index is 0.00000162. The van der Waals surface area contributed by atoms with Crippen LogP contribution in [0.4, 0.5) is 11.4 Å². The van der Waals surface area contributed by atoms with Crippen molar-refractivity contribution in [2.24, 2.45) is 0 Å². The molecular formula is C13H21Cl2N3O. The first kappa shape index (κ1) is 18.0. The van der Waals surface area contributed by atoms with Gasteiger partial charge >= 0.3 is 0 Å². The fourth-order valence-electron chi connectivity index (χ4n) is 2.23. The molecule has 108 valence electrons. The van der Waals surface area contributed by atoms with Crippen molar-refractivity contribution in [2.75, 3.05) is 43.5 Å². The second kappa shape index (κ2) is 8.25. The van der Waals surface area contributed by atoms with E-state index in [-0.39, 0.29) is 30.7 Å². The number of carbonyl (C=O) groups excluding carboxylic acids is 1. The number of para-hydroxylation sites is 2. The Morgan fingerprint density at radius 1 is 1.21 bits per heavy atom. The summed E-state index contributed by atoms with van der Waals surface area (Å²) in [4.78, 5) is 16.2. The predicted octanol–water partition coefficient (Wildman–Crippen LogP) is 1.92. The molecule has 1 aromatic carbocycles. The summed E-state index contributed by atoms with van der Waals surface area (Å²) in [5.41, 5.74) is 2.15. The quantitative estimate of drug-likeness (QED) is 0.907. The van der Waals surface area contributed by atoms with Gasteiger partial charge < -0.3 is 15.1 Å². The molecule has 6 heteroatoms. The van der Waals surface area contributed by atoms with Crippen LogP contribution < -0.4 is 15.1 Å². The molecule has 4 nitrogen and oxygen atoms in total. The minimum Gasteiger partial charge on any atom is -0.373 e. The normalized spacial score (nSPS) is 13.8. The monoisotopic (exact) mass is 305 g/mol. The number of fused-ring (bicyclic) bond motifs is 1. The standard InChI is InChI=1S/C13H19N3O.2ClH/c1-14-10-13(17)16-9-5-8-15(2)11-6-3-4-7-12(11)16;;/h3-4,6-7,14H,5,8-10H2,1-2H3;2*1H. The van der Waals surface area contributed by atoms with Crippen molar-refractivity contribution in [3.05, 3.63) is 24.3 Å². The van der Waals surface area contributed by atoms with Gasteiger partial charge in [-0.2, -0.15) is 0 Å². The number of anilines is 2. The summed E-state index contributed by atoms with van der Waals surface area (Å²) < 4.78 is 0. The second-order valence-electron chi connectivity index (χ2n) is 4.34. The van der Waals surface area contributed by atoms with Crippen molar-refractivity contribution in [3.63, 3.8) is 0 Å². The van der Waals surface area contributed by atoms with Crippen LogP contribution in [-0.2, 0) is 4.79 Å². The van der Waals surface area contributed by atoms with Gasteiger partial charge in [0, 0.05) is 20.1 Å². The Morgan fingerprint density at radius 3 is 2.47 bits per heavy atom. The van der Waals surface area contributed by atoms with Crippen LogP contribution in [0.5, 0.6) is 0 Å². The summed E-state index contributed by atoms with van der Waals surface area (Å²) in [6.07, 6.45) is 1.00. The molecule has 0 aromatic heterocycles. The van der Waals surface area contributed by atoms with Crippen molar-refractivity contribution in [1.29, 1.82) is 0 Å². The van der Waals surface area contributed by atoms with E-state index in [0.717, 1.165) is 30.9 Å². The van der Waals surface area contributed by atoms with Gasteiger partial charge in [-0.15, -0.1) is 24.8 Å². The maximum Gasteiger partial charge on any atom is 0.240 e. The van der Waals surface area contributed by atoms with Crippen LogP contribution in [0.15, 0.2) is 24.3 Å². The van der Waals surface area contributed by atoms with E-state index in [9.17, 15) is 4.79 Å². The van der Waals surface area contributed by atoms with Crippen LogP contribution in [0.1, 0.15) is 6.42 Å². The SMILES string of the molecule is CNCC(=O)N1CCCN(C)c2ccccc21.Cl.Cl. The Kier molecular flexibility index (Phi) is 7.83. The van der Waals surface area contributed by atoms with Gasteiger partial charge in [0.1, 0.15) is 0 Å². The molecule has 0 spiro atoms. The summed E-state index contributed by atoms with van der Waals surface area (Å²) in [7, 11) is 3.87. The molecule has 19 heavy (non-hydrogen) atoms. The van der Waals surface area contributed by atoms with Gasteiger partial charge in [0.15, 0.2) is 0 Å². The maximum absolute atomic E-state index is 12.1. The van der Waals surface area contributed by atoms with Gasteiger partial charge in [-0.1, -0.05) is 12.1 Å². The highest BCUT2D eigenvalue weighted by Crippen LogP contribution is 2.30. The molecule has 0 fully saturated rings. The molecule has 1 N–H and O–H groups in total. The van der Waals surface area contributed by atoms with Gasteiger partial charge in [-0.05, 0) is 25.6 Å². The van der Waals surface area contributed by atoms with Gasteiger partial charge in [0.2, 0.25) is 5.91 Å². The summed E-state index contributed by atoms with van der Waals surface area (Å²) in [5.74, 6) is 0.134. The zero-order chi connectivity index (χ0) is 12.3. The zero-order valence-corrected chi connectivity index (χ0v) is 12.9. The molecule has 0 unspecified atom stereocenters. The fraction of sp³-hybridized carbons (Fsp3) is 0.462. The van der Waals surface area contributed by atoms with Crippen LogP contribution in [-0.4, -0.2) is 39.6 Å². The lowest BCUT2D eigenvalue weighted by molar-refractivity contribution is -0.117. The van der Waals surface area contributed by atoms with E-state index in [4.69, 9.17) is 0 Å². The Labute approximate surface area is 127 Å². The minimum atomic E-state index is 0. The first-order valence-electron chi connectivity index (χ1n) is 5.99. The number of rotatable bonds is 2. The molecular weight excluding hydrogens is 285 g/mol. The average molecular weight is 306 g/mol. The predicted molar refractivity (Wildman–Crippen MR) is 85.1 cm³/mol. The van der Waals surface area contributed by atoms with Crippen molar-refractivity contribution < 1.29 is 4.79 Å². The summed E-state index contributed by atoms with van der Waals surface area (Å²) in [6, 6.07) is 8.09. The third-order valence-electron chi connectivity index (χ3n) is 3.09. The molecule has 0 bridgehead atoms. The third kappa shape index (κ3) is 4.00. The number of carbonyl (C=O) groups is 1. The fourth-order valence-corrected chi connectivity index (χ4v) is 2.23. The van der Waals surface area contributed by atoms with Gasteiger partial charge in [0.25, 0.3) is 0 Å². The van der Waals surface area contributed by atoms with Crippen LogP contribution in [0, 0.1) is 0 Å². The molecule has 1 aliphatic rings. The van der Waals surface area contributed by atoms with Crippen molar-refractivity contribution in [3.8, 4) is 0 Å². The molecule has 2 rings (SSSR count). The molecule has 1 aliphatic heterocycles. The first-order valence-corrected chi connectivity index (χ1v) is 5.99. The number of nitrogens with zero attached hydrogens (tertiary/aromatic N) is 2. The van der Waals surface area contributed by atoms with E-state index in [1.54, 1.807) is 7.05 Å². The van der Waals surface area contributed by atoms with E-state index in [1.165, 1.54) is 0 Å². The van der Waals surface area contributed by atoms with Crippen molar-refractivity contribution in [1.82, 2.24) is 5.32 Å². The molecule has 0 saturated heterocycles. The minimum absolute atomic E-state index is 0. The number of hydrogen-bond donors (Lipinski definition) is 1. The lowest BCUT2D eigenvalue weighted by atomic mass is 10.2. The maximum atomic E-state index is 12.1. The Morgan fingerprint density at radius 2 is 1.84 bits per heavy atom. The summed E-state index contributed by atoms with van der Waals surface area (Å²) >= 11 is 0. The highest BCUT2D eigenvalue weighted by molar-refractivity contribution is 5.98. The highest BCUT2D eigenvalue weighted by Gasteiger charge is 2.22. The van der Waals surface area contributed by atoms with Crippen LogP contribution in [0.25, 0.3) is 0 Å². The van der Waals surface area contributed by atoms with Gasteiger partial charge in [0.05, 0.1) is 17.9 Å².